The number of carbonyl (C=O) groups excluding carboxylic acids is 1. The van der Waals surface area contributed by atoms with Crippen LogP contribution in [-0.4, -0.2) is 60.9 Å². The Labute approximate surface area is 204 Å². The van der Waals surface area contributed by atoms with Gasteiger partial charge >= 0.3 is 0 Å². The molecule has 7 nitrogen and oxygen atoms in total. The van der Waals surface area contributed by atoms with Crippen molar-refractivity contribution in [3.8, 4) is 0 Å². The van der Waals surface area contributed by atoms with Gasteiger partial charge in [-0.1, -0.05) is 37.3 Å². The van der Waals surface area contributed by atoms with E-state index in [2.05, 4.69) is 28.7 Å². The van der Waals surface area contributed by atoms with Gasteiger partial charge in [0.15, 0.2) is 0 Å². The molecule has 1 amide bonds. The van der Waals surface area contributed by atoms with Gasteiger partial charge in [-0.25, -0.2) is 13.1 Å². The molecule has 1 aromatic heterocycles. The first-order valence-corrected chi connectivity index (χ1v) is 13.9. The predicted octanol–water partition coefficient (Wildman–Crippen LogP) is 3.46. The molecule has 0 radical (unpaired) electrons. The van der Waals surface area contributed by atoms with E-state index in [0.29, 0.717) is 36.0 Å². The van der Waals surface area contributed by atoms with Gasteiger partial charge in [-0.05, 0) is 51.0 Å². The summed E-state index contributed by atoms with van der Waals surface area (Å²) in [7, 11) is -2.00. The number of sulfonamides is 1. The molecule has 0 spiro atoms. The molecule has 3 heterocycles. The minimum absolute atomic E-state index is 0.129. The molecule has 8 heteroatoms. The van der Waals surface area contributed by atoms with Gasteiger partial charge in [-0.3, -0.25) is 9.69 Å². The standard InChI is InChI=1S/C26H38N4O3S/c1-19-10-16-30(17-11-19)26(31)24-20(2)28(4)21(3)25(24)34(32,33)27-23-12-14-29(15-13-23)18-22-8-6-5-7-9-22/h5-9,19,23,27H,10-18H2,1-4H3. The van der Waals surface area contributed by atoms with Crippen LogP contribution in [-0.2, 0) is 23.6 Å². The van der Waals surface area contributed by atoms with Gasteiger partial charge in [0.1, 0.15) is 4.90 Å². The Bertz CT molecular complexity index is 1110. The van der Waals surface area contributed by atoms with Crippen LogP contribution in [0.15, 0.2) is 35.2 Å². The van der Waals surface area contributed by atoms with Crippen molar-refractivity contribution < 1.29 is 13.2 Å². The maximum atomic E-state index is 13.6. The second kappa shape index (κ2) is 10.2. The molecule has 1 aromatic carbocycles. The van der Waals surface area contributed by atoms with Crippen molar-refractivity contribution in [1.29, 1.82) is 0 Å². The number of hydrogen-bond acceptors (Lipinski definition) is 4. The molecule has 186 valence electrons. The zero-order chi connectivity index (χ0) is 24.5. The molecule has 4 rings (SSSR count). The zero-order valence-electron chi connectivity index (χ0n) is 20.9. The molecule has 0 atom stereocenters. The van der Waals surface area contributed by atoms with Crippen molar-refractivity contribution in [2.75, 3.05) is 26.2 Å². The summed E-state index contributed by atoms with van der Waals surface area (Å²) in [6.07, 6.45) is 3.42. The van der Waals surface area contributed by atoms with Crippen LogP contribution in [0.1, 0.15) is 59.9 Å². The minimum atomic E-state index is -3.83. The maximum absolute atomic E-state index is 13.6. The van der Waals surface area contributed by atoms with E-state index in [1.54, 1.807) is 6.92 Å². The Morgan fingerprint density at radius 1 is 0.971 bits per heavy atom. The number of hydrogen-bond donors (Lipinski definition) is 1. The van der Waals surface area contributed by atoms with E-state index in [1.165, 1.54) is 5.56 Å². The highest BCUT2D eigenvalue weighted by molar-refractivity contribution is 7.89. The number of rotatable bonds is 6. The summed E-state index contributed by atoms with van der Waals surface area (Å²) >= 11 is 0. The van der Waals surface area contributed by atoms with Crippen molar-refractivity contribution in [3.05, 3.63) is 52.8 Å². The number of nitrogens with zero attached hydrogens (tertiary/aromatic N) is 3. The molecule has 2 fully saturated rings. The van der Waals surface area contributed by atoms with E-state index < -0.39 is 10.0 Å². The van der Waals surface area contributed by atoms with Crippen LogP contribution >= 0.6 is 0 Å². The predicted molar refractivity (Wildman–Crippen MR) is 134 cm³/mol. The summed E-state index contributed by atoms with van der Waals surface area (Å²) in [4.78, 5) is 17.8. The summed E-state index contributed by atoms with van der Waals surface area (Å²) in [5.74, 6) is 0.437. The topological polar surface area (TPSA) is 74.7 Å². The van der Waals surface area contributed by atoms with Gasteiger partial charge in [0.25, 0.3) is 5.91 Å². The smallest absolute Gasteiger partial charge is 0.257 e. The monoisotopic (exact) mass is 486 g/mol. The average molecular weight is 487 g/mol. The lowest BCUT2D eigenvalue weighted by Crippen LogP contribution is -2.45. The highest BCUT2D eigenvalue weighted by atomic mass is 32.2. The average Bonchev–Trinajstić information content (AvgIpc) is 3.05. The first-order valence-electron chi connectivity index (χ1n) is 12.4. The number of benzene rings is 1. The van der Waals surface area contributed by atoms with Crippen molar-refractivity contribution in [3.63, 3.8) is 0 Å². The molecule has 0 bridgehead atoms. The van der Waals surface area contributed by atoms with E-state index in [9.17, 15) is 13.2 Å². The molecule has 2 saturated heterocycles. The van der Waals surface area contributed by atoms with E-state index in [4.69, 9.17) is 0 Å². The first kappa shape index (κ1) is 24.9. The number of piperidine rings is 2. The lowest BCUT2D eigenvalue weighted by Gasteiger charge is -2.32. The molecule has 2 aromatic rings. The highest BCUT2D eigenvalue weighted by Gasteiger charge is 2.35. The fourth-order valence-electron chi connectivity index (χ4n) is 5.20. The fraction of sp³-hybridized carbons (Fsp3) is 0.577. The second-order valence-corrected chi connectivity index (χ2v) is 11.7. The van der Waals surface area contributed by atoms with E-state index in [0.717, 1.165) is 45.3 Å². The molecule has 0 unspecified atom stereocenters. The van der Waals surface area contributed by atoms with Crippen molar-refractivity contribution in [1.82, 2.24) is 19.1 Å². The largest absolute Gasteiger partial charge is 0.350 e. The van der Waals surface area contributed by atoms with Gasteiger partial charge in [0.2, 0.25) is 10.0 Å². The van der Waals surface area contributed by atoms with Gasteiger partial charge in [-0.2, -0.15) is 0 Å². The lowest BCUT2D eigenvalue weighted by atomic mass is 9.98. The Kier molecular flexibility index (Phi) is 7.50. The summed E-state index contributed by atoms with van der Waals surface area (Å²) in [6.45, 7) is 9.75. The molecule has 0 aliphatic carbocycles. The second-order valence-electron chi connectivity index (χ2n) is 10.1. The van der Waals surface area contributed by atoms with Crippen molar-refractivity contribution in [2.24, 2.45) is 13.0 Å². The van der Waals surface area contributed by atoms with Crippen LogP contribution in [0, 0.1) is 19.8 Å². The Morgan fingerprint density at radius 3 is 2.21 bits per heavy atom. The molecule has 0 saturated carbocycles. The third-order valence-corrected chi connectivity index (χ3v) is 9.32. The van der Waals surface area contributed by atoms with Crippen LogP contribution < -0.4 is 4.72 Å². The summed E-state index contributed by atoms with van der Waals surface area (Å²) < 4.78 is 32.0. The third kappa shape index (κ3) is 5.24. The summed E-state index contributed by atoms with van der Waals surface area (Å²) in [5, 5.41) is 0. The van der Waals surface area contributed by atoms with Crippen LogP contribution in [0.25, 0.3) is 0 Å². The molecular weight excluding hydrogens is 448 g/mol. The first-order chi connectivity index (χ1) is 16.2. The lowest BCUT2D eigenvalue weighted by molar-refractivity contribution is 0.0692. The maximum Gasteiger partial charge on any atom is 0.257 e. The molecule has 2 aliphatic heterocycles. The van der Waals surface area contributed by atoms with Crippen molar-refractivity contribution in [2.45, 2.75) is 63.9 Å². The quantitative estimate of drug-likeness (QED) is 0.679. The number of likely N-dealkylation sites (tertiary alicyclic amines) is 2. The SMILES string of the molecule is Cc1c(C(=O)N2CCC(C)CC2)c(S(=O)(=O)NC2CCN(Cc3ccccc3)CC2)c(C)n1C. The fourth-order valence-corrected chi connectivity index (χ4v) is 7.02. The van der Waals surface area contributed by atoms with Gasteiger partial charge < -0.3 is 9.47 Å². The van der Waals surface area contributed by atoms with Crippen LogP contribution in [0.4, 0.5) is 0 Å². The number of amides is 1. The van der Waals surface area contributed by atoms with E-state index >= 15 is 0 Å². The Morgan fingerprint density at radius 2 is 1.59 bits per heavy atom. The Balaban J connectivity index is 1.48. The molecule has 1 N–H and O–H groups in total. The van der Waals surface area contributed by atoms with Gasteiger partial charge in [0.05, 0.1) is 5.56 Å². The van der Waals surface area contributed by atoms with Crippen LogP contribution in [0.3, 0.4) is 0 Å². The molecule has 34 heavy (non-hydrogen) atoms. The van der Waals surface area contributed by atoms with Crippen LogP contribution in [0.2, 0.25) is 0 Å². The van der Waals surface area contributed by atoms with Gasteiger partial charge in [0, 0.05) is 57.2 Å². The van der Waals surface area contributed by atoms with E-state index in [1.807, 2.05) is 41.6 Å². The van der Waals surface area contributed by atoms with Crippen molar-refractivity contribution >= 4 is 15.9 Å². The summed E-state index contributed by atoms with van der Waals surface area (Å²) in [6, 6.07) is 10.2. The molecular formula is C26H38N4O3S. The molecule has 2 aliphatic rings. The van der Waals surface area contributed by atoms with E-state index in [-0.39, 0.29) is 16.8 Å². The number of carbonyl (C=O) groups is 1. The normalized spacial score (nSPS) is 19.0. The van der Waals surface area contributed by atoms with Crippen LogP contribution in [0.5, 0.6) is 0 Å². The minimum Gasteiger partial charge on any atom is -0.350 e. The van der Waals surface area contributed by atoms with Gasteiger partial charge in [-0.15, -0.1) is 0 Å². The summed E-state index contributed by atoms with van der Waals surface area (Å²) in [5.41, 5.74) is 2.93. The number of aromatic nitrogens is 1. The zero-order valence-corrected chi connectivity index (χ0v) is 21.7. The number of nitrogens with one attached hydrogen (secondary N) is 1. The Hall–Kier alpha value is -2.16. The third-order valence-electron chi connectivity index (χ3n) is 7.64. The highest BCUT2D eigenvalue weighted by Crippen LogP contribution is 2.30.